The maximum absolute atomic E-state index is 13.9. The van der Waals surface area contributed by atoms with E-state index in [1.807, 2.05) is 0 Å². The van der Waals surface area contributed by atoms with Crippen LogP contribution in [-0.2, 0) is 34.7 Å². The zero-order valence-corrected chi connectivity index (χ0v) is 17.6. The molecular weight excluding hydrogens is 422 g/mol. The van der Waals surface area contributed by atoms with Gasteiger partial charge in [0.1, 0.15) is 17.2 Å². The van der Waals surface area contributed by atoms with Crippen molar-refractivity contribution in [2.45, 2.75) is 50.7 Å². The molecule has 0 aliphatic carbocycles. The number of carbonyl (C=O) groups is 1. The lowest BCUT2D eigenvalue weighted by Gasteiger charge is -2.52. The quantitative estimate of drug-likeness (QED) is 0.694. The first-order valence-corrected chi connectivity index (χ1v) is 11.2. The summed E-state index contributed by atoms with van der Waals surface area (Å²) in [5.74, 6) is -3.50. The number of likely N-dealkylation sites (tertiary alicyclic amines) is 1. The van der Waals surface area contributed by atoms with Crippen LogP contribution in [0.15, 0.2) is 18.2 Å². The van der Waals surface area contributed by atoms with Gasteiger partial charge in [0.15, 0.2) is 6.23 Å². The molecule has 1 amide bonds. The van der Waals surface area contributed by atoms with Crippen LogP contribution in [0.5, 0.6) is 0 Å². The Morgan fingerprint density at radius 2 is 1.93 bits per heavy atom. The molecule has 11 heteroatoms. The predicted molar refractivity (Wildman–Crippen MR) is 100 cm³/mol. The van der Waals surface area contributed by atoms with E-state index in [9.17, 15) is 22.0 Å². The molecule has 0 aromatic heterocycles. The van der Waals surface area contributed by atoms with Crippen molar-refractivity contribution in [1.82, 2.24) is 9.80 Å². The second-order valence-electron chi connectivity index (χ2n) is 7.97. The van der Waals surface area contributed by atoms with Gasteiger partial charge in [-0.1, -0.05) is 0 Å². The van der Waals surface area contributed by atoms with Gasteiger partial charge in [0.25, 0.3) is 11.7 Å². The molecule has 1 aromatic rings. The molecule has 4 aliphatic heterocycles. The Bertz CT molecular complexity index is 950. The molecular formula is C19H24F2N2O6S. The highest BCUT2D eigenvalue weighted by Crippen LogP contribution is 2.46. The number of fused-ring (bicyclic) bond motifs is 3. The van der Waals surface area contributed by atoms with Gasteiger partial charge in [-0.2, -0.15) is 8.42 Å². The molecule has 4 aliphatic rings. The number of nitrogens with zero attached hydrogens (tertiary/aromatic N) is 2. The maximum atomic E-state index is 13.9. The van der Waals surface area contributed by atoms with Crippen molar-refractivity contribution in [3.8, 4) is 0 Å². The molecule has 4 fully saturated rings. The first kappa shape index (κ1) is 21.6. The van der Waals surface area contributed by atoms with Gasteiger partial charge in [-0.05, 0) is 49.9 Å². The zero-order valence-electron chi connectivity index (χ0n) is 16.8. The molecule has 4 saturated heterocycles. The normalized spacial score (nSPS) is 30.6. The highest BCUT2D eigenvalue weighted by Gasteiger charge is 2.65. The number of ether oxygens (including phenoxy) is 1. The van der Waals surface area contributed by atoms with Crippen LogP contribution in [0.1, 0.15) is 32.3 Å². The highest BCUT2D eigenvalue weighted by molar-refractivity contribution is 7.82. The lowest BCUT2D eigenvalue weighted by Crippen LogP contribution is -2.70. The second-order valence-corrected chi connectivity index (χ2v) is 9.15. The molecule has 8 nitrogen and oxygen atoms in total. The Morgan fingerprint density at radius 3 is 2.60 bits per heavy atom. The molecule has 0 radical (unpaired) electrons. The molecule has 0 saturated carbocycles. The number of piperidine rings is 1. The van der Waals surface area contributed by atoms with Gasteiger partial charge in [0.2, 0.25) is 0 Å². The number of hydrogen-bond acceptors (Lipinski definition) is 7. The summed E-state index contributed by atoms with van der Waals surface area (Å²) in [4.78, 5) is 16.1. The second kappa shape index (κ2) is 7.49. The van der Waals surface area contributed by atoms with E-state index in [-0.39, 0.29) is 6.54 Å². The van der Waals surface area contributed by atoms with Gasteiger partial charge in [-0.15, -0.1) is 0 Å². The van der Waals surface area contributed by atoms with E-state index in [0.29, 0.717) is 44.5 Å². The third-order valence-electron chi connectivity index (χ3n) is 6.00. The van der Waals surface area contributed by atoms with Crippen LogP contribution < -0.4 is 0 Å². The summed E-state index contributed by atoms with van der Waals surface area (Å²) in [6.45, 7) is 4.79. The molecule has 0 N–H and O–H groups in total. The third-order valence-corrected chi connectivity index (χ3v) is 6.94. The van der Waals surface area contributed by atoms with Crippen LogP contribution in [0.2, 0.25) is 0 Å². The van der Waals surface area contributed by atoms with E-state index in [1.54, 1.807) is 6.92 Å². The Hall–Kier alpha value is -1.66. The number of likely N-dealkylation sites (N-methyl/N-ethyl adjacent to an activating group) is 1. The van der Waals surface area contributed by atoms with Crippen LogP contribution >= 0.6 is 0 Å². The maximum Gasteiger partial charge on any atom is 0.405 e. The number of morpholine rings is 1. The lowest BCUT2D eigenvalue weighted by atomic mass is 9.86. The molecule has 4 heterocycles. The number of hydrogen-bond donors (Lipinski definition) is 0. The van der Waals surface area contributed by atoms with E-state index in [4.69, 9.17) is 13.1 Å². The minimum Gasteiger partial charge on any atom is -0.330 e. The van der Waals surface area contributed by atoms with Crippen LogP contribution in [-0.4, -0.2) is 67.9 Å². The van der Waals surface area contributed by atoms with E-state index in [2.05, 4.69) is 4.90 Å². The summed E-state index contributed by atoms with van der Waals surface area (Å²) in [6, 6.07) is 3.38. The van der Waals surface area contributed by atoms with Gasteiger partial charge in [-0.3, -0.25) is 4.79 Å². The van der Waals surface area contributed by atoms with Crippen LogP contribution in [0.4, 0.5) is 8.78 Å². The van der Waals surface area contributed by atoms with E-state index in [0.717, 1.165) is 12.1 Å². The van der Waals surface area contributed by atoms with Crippen molar-refractivity contribution in [3.63, 3.8) is 0 Å². The van der Waals surface area contributed by atoms with E-state index < -0.39 is 45.6 Å². The molecule has 1 unspecified atom stereocenters. The monoisotopic (exact) mass is 446 g/mol. The number of halogens is 2. The zero-order chi connectivity index (χ0) is 21.7. The van der Waals surface area contributed by atoms with Crippen molar-refractivity contribution in [2.75, 3.05) is 26.2 Å². The smallest absolute Gasteiger partial charge is 0.330 e. The summed E-state index contributed by atoms with van der Waals surface area (Å²) in [5.41, 5.74) is -0.735. The fourth-order valence-corrected chi connectivity index (χ4v) is 5.52. The fraction of sp³-hybridized carbons (Fsp3) is 0.632. The molecule has 5 rings (SSSR count). The predicted octanol–water partition coefficient (Wildman–Crippen LogP) is 1.55. The minimum atomic E-state index is -4.41. The topological polar surface area (TPSA) is 85.4 Å². The summed E-state index contributed by atoms with van der Waals surface area (Å²) < 4.78 is 67.8. The molecule has 1 aromatic carbocycles. The Kier molecular flexibility index (Phi) is 5.38. The largest absolute Gasteiger partial charge is 0.405 e. The van der Waals surface area contributed by atoms with Crippen LogP contribution in [0.25, 0.3) is 0 Å². The Labute approximate surface area is 174 Å². The minimum absolute atomic E-state index is 0.242. The highest BCUT2D eigenvalue weighted by atomic mass is 32.3. The van der Waals surface area contributed by atoms with Crippen molar-refractivity contribution in [1.29, 1.82) is 0 Å². The van der Waals surface area contributed by atoms with E-state index >= 15 is 0 Å². The Morgan fingerprint density at radius 1 is 1.23 bits per heavy atom. The summed E-state index contributed by atoms with van der Waals surface area (Å²) >= 11 is 0. The average Bonchev–Trinajstić information content (AvgIpc) is 2.81. The summed E-state index contributed by atoms with van der Waals surface area (Å²) in [7, 11) is -4.41. The molecule has 1 spiro atoms. The van der Waals surface area contributed by atoms with Crippen LogP contribution in [0, 0.1) is 11.6 Å². The van der Waals surface area contributed by atoms with Crippen molar-refractivity contribution >= 4 is 16.3 Å². The SMILES string of the molecule is CCN1C(=O)[C@]2(C)OC3(CCN(CCc4cc(F)ccc4F)CC3)C1OS(=O)(=O)O2. The molecule has 166 valence electrons. The summed E-state index contributed by atoms with van der Waals surface area (Å²) in [5, 5.41) is 0. The number of benzene rings is 1. The van der Waals surface area contributed by atoms with Crippen molar-refractivity contribution < 1.29 is 35.1 Å². The molecule has 30 heavy (non-hydrogen) atoms. The van der Waals surface area contributed by atoms with Gasteiger partial charge in [0.05, 0.1) is 0 Å². The van der Waals surface area contributed by atoms with Gasteiger partial charge in [-0.25, -0.2) is 17.1 Å². The summed E-state index contributed by atoms with van der Waals surface area (Å²) in [6.07, 6.45) is 0.00769. The molecule has 2 atom stereocenters. The molecule has 2 bridgehead atoms. The fourth-order valence-electron chi connectivity index (χ4n) is 4.48. The average molecular weight is 446 g/mol. The van der Waals surface area contributed by atoms with E-state index in [1.165, 1.54) is 17.9 Å². The lowest BCUT2D eigenvalue weighted by molar-refractivity contribution is -0.295. The third kappa shape index (κ3) is 3.73. The van der Waals surface area contributed by atoms with Crippen molar-refractivity contribution in [2.24, 2.45) is 0 Å². The standard InChI is InChI=1S/C19H24F2N2O6S/c1-3-23-16(24)18(2)28-19(17(23)27-30(25,26)29-18)7-10-22(11-8-19)9-6-13-12-14(20)4-5-15(13)21/h4-5,12,17H,3,6-11H2,1-2H3/t17?,18-/m1/s1. The first-order chi connectivity index (χ1) is 14.1. The van der Waals surface area contributed by atoms with Gasteiger partial charge in [0, 0.05) is 33.1 Å². The van der Waals surface area contributed by atoms with Gasteiger partial charge < -0.3 is 14.5 Å². The number of carbonyl (C=O) groups excluding carboxylic acids is 1. The number of amides is 1. The Balaban J connectivity index is 1.49. The van der Waals surface area contributed by atoms with Crippen molar-refractivity contribution in [3.05, 3.63) is 35.4 Å². The number of rotatable bonds is 4. The first-order valence-electron chi connectivity index (χ1n) is 9.89. The van der Waals surface area contributed by atoms with Gasteiger partial charge >= 0.3 is 10.4 Å². The van der Waals surface area contributed by atoms with Crippen LogP contribution in [0.3, 0.4) is 0 Å².